The van der Waals surface area contributed by atoms with Gasteiger partial charge >= 0.3 is 5.97 Å². The Kier molecular flexibility index (Phi) is 13.3. The molecule has 1 fully saturated rings. The number of para-hydroxylation sites is 1. The van der Waals surface area contributed by atoms with E-state index in [1.54, 1.807) is 19.1 Å². The van der Waals surface area contributed by atoms with Crippen LogP contribution in [0.3, 0.4) is 0 Å². The maximum atomic E-state index is 11.9. The molecule has 2 aliphatic rings. The first-order valence-corrected chi connectivity index (χ1v) is 15.4. The number of nitrogens with one attached hydrogen (secondary N) is 1. The highest BCUT2D eigenvalue weighted by Crippen LogP contribution is 2.31. The van der Waals surface area contributed by atoms with E-state index in [-0.39, 0.29) is 11.9 Å². The van der Waals surface area contributed by atoms with Gasteiger partial charge in [0.1, 0.15) is 17.2 Å². The lowest BCUT2D eigenvalue weighted by Crippen LogP contribution is -2.48. The number of benzene rings is 3. The maximum absolute atomic E-state index is 11.9. The molecule has 2 heterocycles. The Bertz CT molecular complexity index is 1370. The van der Waals surface area contributed by atoms with Crippen LogP contribution in [0.1, 0.15) is 30.4 Å². The van der Waals surface area contributed by atoms with Crippen molar-refractivity contribution in [3.63, 3.8) is 0 Å². The minimum absolute atomic E-state index is 0.0992. The number of amides is 1. The Morgan fingerprint density at radius 2 is 1.71 bits per heavy atom. The highest BCUT2D eigenvalue weighted by atomic mass is 16.5. The van der Waals surface area contributed by atoms with Gasteiger partial charge in [0, 0.05) is 55.6 Å². The summed E-state index contributed by atoms with van der Waals surface area (Å²) in [6.07, 6.45) is 3.44. The second kappa shape index (κ2) is 17.9. The molecule has 3 aromatic rings. The smallest absolute Gasteiger partial charge is 0.307 e. The monoisotopic (exact) mass is 619 g/mol. The third kappa shape index (κ3) is 10.1. The molecule has 0 spiro atoms. The predicted molar refractivity (Wildman–Crippen MR) is 175 cm³/mol. The van der Waals surface area contributed by atoms with E-state index in [9.17, 15) is 9.59 Å². The molecule has 3 aromatic carbocycles. The molecule has 0 saturated carbocycles. The molecular weight excluding hydrogens is 574 g/mol. The first-order valence-electron chi connectivity index (χ1n) is 15.4. The fourth-order valence-corrected chi connectivity index (χ4v) is 5.27. The zero-order chi connectivity index (χ0) is 31.9. The Morgan fingerprint density at radius 3 is 2.47 bits per heavy atom. The number of esters is 1. The van der Waals surface area contributed by atoms with Crippen molar-refractivity contribution in [3.05, 3.63) is 77.9 Å². The zero-order valence-corrected chi connectivity index (χ0v) is 26.6. The summed E-state index contributed by atoms with van der Waals surface area (Å²) in [6, 6.07) is 21.7. The third-order valence-corrected chi connectivity index (χ3v) is 7.71. The number of fused-ring (bicyclic) bond motifs is 1. The average Bonchev–Trinajstić information content (AvgIpc) is 3.09. The van der Waals surface area contributed by atoms with E-state index in [2.05, 4.69) is 21.0 Å². The molecule has 2 aliphatic heterocycles. The van der Waals surface area contributed by atoms with E-state index in [1.165, 1.54) is 18.4 Å². The fourth-order valence-electron chi connectivity index (χ4n) is 5.27. The van der Waals surface area contributed by atoms with Crippen molar-refractivity contribution >= 4 is 23.3 Å². The minimum Gasteiger partial charge on any atom is -0.497 e. The number of piperazine rings is 1. The number of ether oxygens (including phenoxy) is 5. The van der Waals surface area contributed by atoms with Gasteiger partial charge in [0.25, 0.3) is 0 Å². The van der Waals surface area contributed by atoms with Gasteiger partial charge in [-0.15, -0.1) is 0 Å². The van der Waals surface area contributed by atoms with E-state index in [1.807, 2.05) is 60.7 Å². The maximum Gasteiger partial charge on any atom is 0.307 e. The van der Waals surface area contributed by atoms with E-state index in [0.29, 0.717) is 45.9 Å². The number of carbonyl (C=O) groups excluding carboxylic acids is 2. The molecule has 0 atom stereocenters. The van der Waals surface area contributed by atoms with Crippen molar-refractivity contribution in [2.24, 2.45) is 0 Å². The minimum atomic E-state index is -0.162. The van der Waals surface area contributed by atoms with Crippen molar-refractivity contribution in [1.29, 1.82) is 0 Å². The third-order valence-electron chi connectivity index (χ3n) is 7.71. The molecule has 5 rings (SSSR count). The number of aryl methyl sites for hydroxylation is 1. The lowest BCUT2D eigenvalue weighted by Gasteiger charge is -2.31. The molecule has 1 saturated heterocycles. The van der Waals surface area contributed by atoms with Crippen molar-refractivity contribution in [1.82, 2.24) is 5.32 Å². The van der Waals surface area contributed by atoms with Gasteiger partial charge in [0.05, 0.1) is 54.1 Å². The lowest BCUT2D eigenvalue weighted by molar-refractivity contribution is -0.140. The molecule has 0 aliphatic carbocycles. The number of hydrogen-bond acceptors (Lipinski definition) is 9. The number of rotatable bonds is 13. The molecule has 0 bridgehead atoms. The van der Waals surface area contributed by atoms with E-state index in [4.69, 9.17) is 18.9 Å². The van der Waals surface area contributed by atoms with Gasteiger partial charge in [-0.05, 0) is 54.8 Å². The second-order valence-corrected chi connectivity index (χ2v) is 10.7. The molecule has 1 N–H and O–H groups in total. The quantitative estimate of drug-likeness (QED) is 0.217. The van der Waals surface area contributed by atoms with Gasteiger partial charge in [-0.3, -0.25) is 9.59 Å². The first-order chi connectivity index (χ1) is 22.0. The standard InChI is InChI=1S/C21H26N2O4.C14H19NO3/c1-25-20-6-3-2-5-17(20)16-26-13-4-14-27-19-9-7-18(8-10-19)23-12-11-22-15-21(23)24;1-17-12-6-5-11-4-3-8-15(13(11)10-12)9-7-14(16)18-2/h2-3,5-10,22H,4,11-16H2,1H3;5-6,10H,3-4,7-9H2,1-2H3. The Balaban J connectivity index is 0.000000222. The van der Waals surface area contributed by atoms with Crippen LogP contribution in [0.5, 0.6) is 17.2 Å². The van der Waals surface area contributed by atoms with Crippen LogP contribution >= 0.6 is 0 Å². The fraction of sp³-hybridized carbons (Fsp3) is 0.429. The zero-order valence-electron chi connectivity index (χ0n) is 26.6. The first kappa shape index (κ1) is 33.6. The predicted octanol–water partition coefficient (Wildman–Crippen LogP) is 4.63. The summed E-state index contributed by atoms with van der Waals surface area (Å²) >= 11 is 0. The summed E-state index contributed by atoms with van der Waals surface area (Å²) in [7, 11) is 4.76. The van der Waals surface area contributed by atoms with Crippen LogP contribution in [0.4, 0.5) is 11.4 Å². The van der Waals surface area contributed by atoms with Gasteiger partial charge in [0.2, 0.25) is 5.91 Å². The molecule has 242 valence electrons. The second-order valence-electron chi connectivity index (χ2n) is 10.7. The largest absolute Gasteiger partial charge is 0.497 e. The normalized spacial score (nSPS) is 14.2. The average molecular weight is 620 g/mol. The molecule has 0 unspecified atom stereocenters. The SMILES string of the molecule is COC(=O)CCN1CCCc2ccc(OC)cc21.COc1ccccc1COCCCOc1ccc(N2CCNCC2=O)cc1. The van der Waals surface area contributed by atoms with Crippen LogP contribution in [0.25, 0.3) is 0 Å². The molecule has 10 heteroatoms. The van der Waals surface area contributed by atoms with Gasteiger partial charge in [-0.1, -0.05) is 24.3 Å². The van der Waals surface area contributed by atoms with E-state index < -0.39 is 0 Å². The number of anilines is 2. The van der Waals surface area contributed by atoms with Gasteiger partial charge in [0.15, 0.2) is 0 Å². The Labute approximate surface area is 266 Å². The summed E-state index contributed by atoms with van der Waals surface area (Å²) in [5, 5.41) is 3.07. The highest BCUT2D eigenvalue weighted by molar-refractivity contribution is 5.95. The van der Waals surface area contributed by atoms with Crippen molar-refractivity contribution < 1.29 is 33.3 Å². The molecule has 45 heavy (non-hydrogen) atoms. The van der Waals surface area contributed by atoms with Gasteiger partial charge in [-0.2, -0.15) is 0 Å². The van der Waals surface area contributed by atoms with Crippen LogP contribution in [0.15, 0.2) is 66.7 Å². The summed E-state index contributed by atoms with van der Waals surface area (Å²) in [4.78, 5) is 27.2. The van der Waals surface area contributed by atoms with Gasteiger partial charge < -0.3 is 38.8 Å². The van der Waals surface area contributed by atoms with Crippen LogP contribution in [0.2, 0.25) is 0 Å². The lowest BCUT2D eigenvalue weighted by atomic mass is 10.0. The van der Waals surface area contributed by atoms with Crippen molar-refractivity contribution in [2.45, 2.75) is 32.3 Å². The molecule has 0 radical (unpaired) electrons. The van der Waals surface area contributed by atoms with Gasteiger partial charge in [-0.25, -0.2) is 0 Å². The van der Waals surface area contributed by atoms with Crippen molar-refractivity contribution in [3.8, 4) is 17.2 Å². The van der Waals surface area contributed by atoms with Crippen LogP contribution in [-0.2, 0) is 32.1 Å². The highest BCUT2D eigenvalue weighted by Gasteiger charge is 2.19. The van der Waals surface area contributed by atoms with E-state index >= 15 is 0 Å². The summed E-state index contributed by atoms with van der Waals surface area (Å²) in [5.74, 6) is 2.44. The number of carbonyl (C=O) groups is 2. The molecule has 0 aromatic heterocycles. The van der Waals surface area contributed by atoms with Crippen LogP contribution < -0.4 is 29.3 Å². The van der Waals surface area contributed by atoms with E-state index in [0.717, 1.165) is 60.9 Å². The van der Waals surface area contributed by atoms with Crippen molar-refractivity contribution in [2.75, 3.05) is 77.1 Å². The molecular formula is C35H45N3O7. The number of methoxy groups -OCH3 is 3. The van der Waals surface area contributed by atoms with Crippen LogP contribution in [0, 0.1) is 0 Å². The molecule has 10 nitrogen and oxygen atoms in total. The Hall–Kier alpha value is -4.28. The summed E-state index contributed by atoms with van der Waals surface area (Å²) in [5.41, 5.74) is 4.46. The topological polar surface area (TPSA) is 98.8 Å². The summed E-state index contributed by atoms with van der Waals surface area (Å²) < 4.78 is 26.7. The number of nitrogens with zero attached hydrogens (tertiary/aromatic N) is 2. The van der Waals surface area contributed by atoms with Crippen LogP contribution in [-0.4, -0.2) is 79.1 Å². The summed E-state index contributed by atoms with van der Waals surface area (Å²) in [6.45, 7) is 5.32. The Morgan fingerprint density at radius 1 is 0.911 bits per heavy atom. The molecule has 1 amide bonds. The number of hydrogen-bond donors (Lipinski definition) is 1.